The van der Waals surface area contributed by atoms with Gasteiger partial charge < -0.3 is 15.5 Å². The molecular weight excluding hydrogens is 269 g/mol. The highest BCUT2D eigenvalue weighted by Crippen LogP contribution is 2.24. The molecule has 1 atom stereocenters. The molecule has 1 aromatic carbocycles. The lowest BCUT2D eigenvalue weighted by Crippen LogP contribution is -2.35. The first kappa shape index (κ1) is 17.4. The van der Waals surface area contributed by atoms with Crippen LogP contribution in [0.2, 0.25) is 0 Å². The van der Waals surface area contributed by atoms with Gasteiger partial charge >= 0.3 is 0 Å². The number of hydrogen-bond donors (Lipinski definition) is 2. The van der Waals surface area contributed by atoms with E-state index in [1.54, 1.807) is 13.1 Å². The molecule has 0 heterocycles. The first-order chi connectivity index (χ1) is 9.86. The van der Waals surface area contributed by atoms with Crippen molar-refractivity contribution in [3.8, 4) is 0 Å². The standard InChI is InChI=1S/C16H26FN3O/c1-11(2)19-9-13-7-6-8-14(17)15(13)20(5)10-12(3)16(21)18-4/h6-8,11-12,19H,9-10H2,1-5H3,(H,18,21). The van der Waals surface area contributed by atoms with Crippen LogP contribution in [0.25, 0.3) is 0 Å². The van der Waals surface area contributed by atoms with Crippen molar-refractivity contribution in [2.24, 2.45) is 5.92 Å². The van der Waals surface area contributed by atoms with Crippen LogP contribution in [0.1, 0.15) is 26.3 Å². The topological polar surface area (TPSA) is 44.4 Å². The Morgan fingerprint density at radius 3 is 2.57 bits per heavy atom. The smallest absolute Gasteiger partial charge is 0.224 e. The molecule has 0 aliphatic carbocycles. The largest absolute Gasteiger partial charge is 0.371 e. The second-order valence-electron chi connectivity index (χ2n) is 5.68. The number of anilines is 1. The lowest BCUT2D eigenvalue weighted by Gasteiger charge is -2.26. The number of halogens is 1. The summed E-state index contributed by atoms with van der Waals surface area (Å²) in [5, 5.41) is 5.92. The molecule has 0 aliphatic rings. The van der Waals surface area contributed by atoms with Gasteiger partial charge in [0, 0.05) is 33.2 Å². The van der Waals surface area contributed by atoms with Crippen LogP contribution in [0.15, 0.2) is 18.2 Å². The Labute approximate surface area is 126 Å². The molecule has 2 N–H and O–H groups in total. The lowest BCUT2D eigenvalue weighted by molar-refractivity contribution is -0.123. The van der Waals surface area contributed by atoms with Crippen LogP contribution >= 0.6 is 0 Å². The highest BCUT2D eigenvalue weighted by atomic mass is 19.1. The zero-order valence-electron chi connectivity index (χ0n) is 13.5. The van der Waals surface area contributed by atoms with Gasteiger partial charge in [-0.1, -0.05) is 32.9 Å². The second-order valence-corrected chi connectivity index (χ2v) is 5.68. The van der Waals surface area contributed by atoms with Gasteiger partial charge in [0.2, 0.25) is 5.91 Å². The highest BCUT2D eigenvalue weighted by Gasteiger charge is 2.18. The molecule has 1 unspecified atom stereocenters. The number of rotatable bonds is 7. The summed E-state index contributed by atoms with van der Waals surface area (Å²) in [4.78, 5) is 13.4. The predicted molar refractivity (Wildman–Crippen MR) is 84.9 cm³/mol. The Balaban J connectivity index is 2.91. The normalized spacial score (nSPS) is 12.3. The number of hydrogen-bond acceptors (Lipinski definition) is 3. The molecule has 0 saturated carbocycles. The number of nitrogens with one attached hydrogen (secondary N) is 2. The van der Waals surface area contributed by atoms with Crippen LogP contribution in [-0.4, -0.2) is 32.6 Å². The van der Waals surface area contributed by atoms with Crippen LogP contribution < -0.4 is 15.5 Å². The first-order valence-corrected chi connectivity index (χ1v) is 7.30. The minimum absolute atomic E-state index is 0.0416. The van der Waals surface area contributed by atoms with Crippen LogP contribution in [0, 0.1) is 11.7 Å². The summed E-state index contributed by atoms with van der Waals surface area (Å²) in [6.45, 7) is 7.01. The van der Waals surface area contributed by atoms with Gasteiger partial charge in [-0.05, 0) is 11.6 Å². The summed E-state index contributed by atoms with van der Waals surface area (Å²) >= 11 is 0. The summed E-state index contributed by atoms with van der Waals surface area (Å²) < 4.78 is 14.2. The van der Waals surface area contributed by atoms with Gasteiger partial charge in [0.25, 0.3) is 0 Å². The van der Waals surface area contributed by atoms with Crippen molar-refractivity contribution in [3.63, 3.8) is 0 Å². The van der Waals surface area contributed by atoms with Crippen molar-refractivity contribution in [2.75, 3.05) is 25.5 Å². The first-order valence-electron chi connectivity index (χ1n) is 7.30. The van der Waals surface area contributed by atoms with Crippen LogP contribution in [0.5, 0.6) is 0 Å². The SMILES string of the molecule is CNC(=O)C(C)CN(C)c1c(F)cccc1CNC(C)C. The van der Waals surface area contributed by atoms with Crippen molar-refractivity contribution < 1.29 is 9.18 Å². The van der Waals surface area contributed by atoms with Gasteiger partial charge in [0.15, 0.2) is 0 Å². The predicted octanol–water partition coefficient (Wildman–Crippen LogP) is 2.14. The average Bonchev–Trinajstić information content (AvgIpc) is 2.43. The Morgan fingerprint density at radius 1 is 1.33 bits per heavy atom. The van der Waals surface area contributed by atoms with E-state index in [4.69, 9.17) is 0 Å². The fourth-order valence-electron chi connectivity index (χ4n) is 2.28. The number of benzene rings is 1. The van der Waals surface area contributed by atoms with E-state index in [0.717, 1.165) is 5.56 Å². The number of amides is 1. The number of para-hydroxylation sites is 1. The number of nitrogens with zero attached hydrogens (tertiary/aromatic N) is 1. The third-order valence-electron chi connectivity index (χ3n) is 3.39. The molecule has 1 amide bonds. The third-order valence-corrected chi connectivity index (χ3v) is 3.39. The molecule has 1 aromatic rings. The van der Waals surface area contributed by atoms with E-state index in [9.17, 15) is 9.18 Å². The van der Waals surface area contributed by atoms with Gasteiger partial charge in [-0.3, -0.25) is 4.79 Å². The molecule has 4 nitrogen and oxygen atoms in total. The monoisotopic (exact) mass is 295 g/mol. The fourth-order valence-corrected chi connectivity index (χ4v) is 2.28. The van der Waals surface area contributed by atoms with Crippen molar-refractivity contribution in [1.82, 2.24) is 10.6 Å². The van der Waals surface area contributed by atoms with Crippen molar-refractivity contribution in [1.29, 1.82) is 0 Å². The van der Waals surface area contributed by atoms with E-state index in [-0.39, 0.29) is 17.6 Å². The molecule has 21 heavy (non-hydrogen) atoms. The molecule has 5 heteroatoms. The van der Waals surface area contributed by atoms with Crippen LogP contribution in [0.3, 0.4) is 0 Å². The summed E-state index contributed by atoms with van der Waals surface area (Å²) in [5.74, 6) is -0.504. The molecule has 0 fully saturated rings. The fraction of sp³-hybridized carbons (Fsp3) is 0.562. The zero-order chi connectivity index (χ0) is 16.0. The minimum Gasteiger partial charge on any atom is -0.371 e. The van der Waals surface area contributed by atoms with Gasteiger partial charge in [-0.15, -0.1) is 0 Å². The summed E-state index contributed by atoms with van der Waals surface area (Å²) in [6, 6.07) is 5.41. The highest BCUT2D eigenvalue weighted by molar-refractivity contribution is 5.78. The Morgan fingerprint density at radius 2 is 2.00 bits per heavy atom. The van der Waals surface area contributed by atoms with Gasteiger partial charge in [0.05, 0.1) is 11.6 Å². The molecule has 0 spiro atoms. The van der Waals surface area contributed by atoms with E-state index < -0.39 is 0 Å². The van der Waals surface area contributed by atoms with Crippen LogP contribution in [0.4, 0.5) is 10.1 Å². The third kappa shape index (κ3) is 5.01. The maximum absolute atomic E-state index is 14.2. The van der Waals surface area contributed by atoms with Crippen LogP contribution in [-0.2, 0) is 11.3 Å². The van der Waals surface area contributed by atoms with E-state index in [1.807, 2.05) is 24.9 Å². The second kappa shape index (κ2) is 7.98. The summed E-state index contributed by atoms with van der Waals surface area (Å²) in [6.07, 6.45) is 0. The average molecular weight is 295 g/mol. The van der Waals surface area contributed by atoms with Crippen molar-refractivity contribution in [3.05, 3.63) is 29.6 Å². The minimum atomic E-state index is -0.260. The Kier molecular flexibility index (Phi) is 6.62. The molecule has 0 bridgehead atoms. The quantitative estimate of drug-likeness (QED) is 0.810. The maximum atomic E-state index is 14.2. The van der Waals surface area contributed by atoms with Gasteiger partial charge in [0.1, 0.15) is 5.82 Å². The molecule has 1 rings (SSSR count). The molecule has 118 valence electrons. The molecule has 0 radical (unpaired) electrons. The molecule has 0 aromatic heterocycles. The summed E-state index contributed by atoms with van der Waals surface area (Å²) in [7, 11) is 3.43. The van der Waals surface area contributed by atoms with E-state index >= 15 is 0 Å². The molecule has 0 aliphatic heterocycles. The molecule has 0 saturated heterocycles. The number of carbonyl (C=O) groups is 1. The number of carbonyl (C=O) groups excluding carboxylic acids is 1. The van der Waals surface area contributed by atoms with E-state index in [2.05, 4.69) is 24.5 Å². The van der Waals surface area contributed by atoms with E-state index in [1.165, 1.54) is 6.07 Å². The van der Waals surface area contributed by atoms with Crippen molar-refractivity contribution in [2.45, 2.75) is 33.4 Å². The Bertz CT molecular complexity index is 477. The van der Waals surface area contributed by atoms with Gasteiger partial charge in [-0.2, -0.15) is 0 Å². The summed E-state index contributed by atoms with van der Waals surface area (Å²) in [5.41, 5.74) is 1.46. The maximum Gasteiger partial charge on any atom is 0.224 e. The Hall–Kier alpha value is -1.62. The van der Waals surface area contributed by atoms with Gasteiger partial charge in [-0.25, -0.2) is 4.39 Å². The van der Waals surface area contributed by atoms with Crippen molar-refractivity contribution >= 4 is 11.6 Å². The van der Waals surface area contributed by atoms with E-state index in [0.29, 0.717) is 24.8 Å². The zero-order valence-corrected chi connectivity index (χ0v) is 13.5. The lowest BCUT2D eigenvalue weighted by atomic mass is 10.1. The molecular formula is C16H26FN3O.